The highest BCUT2D eigenvalue weighted by Gasteiger charge is 2.36. The molecule has 0 heterocycles. The van der Waals surface area contributed by atoms with Crippen molar-refractivity contribution in [3.8, 4) is 0 Å². The van der Waals surface area contributed by atoms with E-state index in [9.17, 15) is 18.0 Å². The van der Waals surface area contributed by atoms with E-state index in [0.29, 0.717) is 6.54 Å². The standard InChI is InChI=1S/C8H15NO5S/c1-4-9-7(10)5(2)15(13,14)6(3)8(11)12/h5-6H,4H2,1-3H3,(H,9,10)(H,11,12). The first-order valence-corrected chi connectivity index (χ1v) is 6.09. The average molecular weight is 237 g/mol. The van der Waals surface area contributed by atoms with Crippen LogP contribution in [0.3, 0.4) is 0 Å². The molecule has 0 saturated heterocycles. The van der Waals surface area contributed by atoms with Crippen LogP contribution in [-0.4, -0.2) is 42.4 Å². The van der Waals surface area contributed by atoms with Gasteiger partial charge in [-0.25, -0.2) is 8.42 Å². The molecule has 0 aromatic heterocycles. The molecule has 2 N–H and O–H groups in total. The fraction of sp³-hybridized carbons (Fsp3) is 0.750. The Kier molecular flexibility index (Phi) is 4.73. The van der Waals surface area contributed by atoms with Crippen LogP contribution in [-0.2, 0) is 19.4 Å². The summed E-state index contributed by atoms with van der Waals surface area (Å²) in [7, 11) is -3.97. The molecule has 0 aliphatic rings. The minimum atomic E-state index is -3.97. The van der Waals surface area contributed by atoms with Crippen molar-refractivity contribution in [2.45, 2.75) is 31.3 Å². The number of rotatable bonds is 5. The van der Waals surface area contributed by atoms with Gasteiger partial charge in [0.05, 0.1) is 0 Å². The molecule has 6 nitrogen and oxygen atoms in total. The second-order valence-corrected chi connectivity index (χ2v) is 5.70. The first-order chi connectivity index (χ1) is 6.75. The summed E-state index contributed by atoms with van der Waals surface area (Å²) in [6.45, 7) is 4.19. The van der Waals surface area contributed by atoms with Crippen LogP contribution < -0.4 is 5.32 Å². The lowest BCUT2D eigenvalue weighted by atomic mass is 10.4. The zero-order valence-corrected chi connectivity index (χ0v) is 9.67. The number of sulfone groups is 1. The maximum Gasteiger partial charge on any atom is 0.321 e. The molecule has 88 valence electrons. The number of amides is 1. The van der Waals surface area contributed by atoms with Crippen LogP contribution in [0, 0.1) is 0 Å². The van der Waals surface area contributed by atoms with E-state index in [1.807, 2.05) is 0 Å². The van der Waals surface area contributed by atoms with Gasteiger partial charge in [0, 0.05) is 6.54 Å². The molecule has 0 saturated carbocycles. The van der Waals surface area contributed by atoms with Crippen molar-refractivity contribution in [1.82, 2.24) is 5.32 Å². The second kappa shape index (κ2) is 5.11. The molecule has 0 rings (SSSR count). The molecule has 0 aromatic carbocycles. The van der Waals surface area contributed by atoms with E-state index < -0.39 is 32.2 Å². The third kappa shape index (κ3) is 3.19. The summed E-state index contributed by atoms with van der Waals surface area (Å²) in [5.74, 6) is -2.13. The van der Waals surface area contributed by atoms with Crippen molar-refractivity contribution in [3.05, 3.63) is 0 Å². The minimum Gasteiger partial charge on any atom is -0.480 e. The predicted octanol–water partition coefficient (Wildman–Crippen LogP) is -0.601. The Morgan fingerprint density at radius 2 is 1.73 bits per heavy atom. The molecule has 15 heavy (non-hydrogen) atoms. The van der Waals surface area contributed by atoms with Gasteiger partial charge >= 0.3 is 5.97 Å². The van der Waals surface area contributed by atoms with Gasteiger partial charge in [0.1, 0.15) is 5.25 Å². The average Bonchev–Trinajstić information content (AvgIpc) is 2.15. The molecule has 0 aromatic rings. The van der Waals surface area contributed by atoms with Crippen molar-refractivity contribution in [3.63, 3.8) is 0 Å². The highest BCUT2D eigenvalue weighted by Crippen LogP contribution is 2.09. The van der Waals surface area contributed by atoms with Gasteiger partial charge in [0.15, 0.2) is 15.1 Å². The summed E-state index contributed by atoms with van der Waals surface area (Å²) >= 11 is 0. The van der Waals surface area contributed by atoms with Crippen LogP contribution in [0.25, 0.3) is 0 Å². The van der Waals surface area contributed by atoms with Crippen LogP contribution in [0.4, 0.5) is 0 Å². The quantitative estimate of drug-likeness (QED) is 0.665. The van der Waals surface area contributed by atoms with Gasteiger partial charge in [-0.05, 0) is 20.8 Å². The van der Waals surface area contributed by atoms with E-state index in [-0.39, 0.29) is 0 Å². The van der Waals surface area contributed by atoms with Gasteiger partial charge in [0.2, 0.25) is 5.91 Å². The van der Waals surface area contributed by atoms with E-state index in [4.69, 9.17) is 5.11 Å². The predicted molar refractivity (Wildman–Crippen MR) is 54.2 cm³/mol. The number of aliphatic carboxylic acids is 1. The normalized spacial score (nSPS) is 15.4. The van der Waals surface area contributed by atoms with E-state index in [0.717, 1.165) is 6.92 Å². The zero-order valence-electron chi connectivity index (χ0n) is 8.85. The highest BCUT2D eigenvalue weighted by molar-refractivity contribution is 7.94. The largest absolute Gasteiger partial charge is 0.480 e. The Morgan fingerprint density at radius 1 is 1.27 bits per heavy atom. The fourth-order valence-electron chi connectivity index (χ4n) is 0.914. The minimum absolute atomic E-state index is 0.306. The lowest BCUT2D eigenvalue weighted by Gasteiger charge is -2.15. The highest BCUT2D eigenvalue weighted by atomic mass is 32.2. The van der Waals surface area contributed by atoms with Gasteiger partial charge in [0.25, 0.3) is 0 Å². The Hall–Kier alpha value is -1.11. The lowest BCUT2D eigenvalue weighted by molar-refractivity contribution is -0.136. The number of carboxylic acid groups (broad SMARTS) is 1. The third-order valence-corrected chi connectivity index (χ3v) is 4.44. The maximum atomic E-state index is 11.5. The van der Waals surface area contributed by atoms with Crippen LogP contribution in [0.1, 0.15) is 20.8 Å². The Labute approximate surface area is 88.6 Å². The van der Waals surface area contributed by atoms with Crippen molar-refractivity contribution >= 4 is 21.7 Å². The van der Waals surface area contributed by atoms with Gasteiger partial charge in [-0.1, -0.05) is 0 Å². The van der Waals surface area contributed by atoms with Crippen molar-refractivity contribution in [2.75, 3.05) is 6.54 Å². The summed E-state index contributed by atoms with van der Waals surface area (Å²) in [5.41, 5.74) is 0. The van der Waals surface area contributed by atoms with E-state index >= 15 is 0 Å². The zero-order chi connectivity index (χ0) is 12.2. The first kappa shape index (κ1) is 13.9. The van der Waals surface area contributed by atoms with Gasteiger partial charge in [-0.3, -0.25) is 9.59 Å². The topological polar surface area (TPSA) is 101 Å². The van der Waals surface area contributed by atoms with E-state index in [1.54, 1.807) is 6.92 Å². The van der Waals surface area contributed by atoms with Crippen LogP contribution in [0.5, 0.6) is 0 Å². The monoisotopic (exact) mass is 237 g/mol. The maximum absolute atomic E-state index is 11.5. The Bertz CT molecular complexity index is 348. The third-order valence-electron chi connectivity index (χ3n) is 2.05. The van der Waals surface area contributed by atoms with E-state index in [2.05, 4.69) is 5.32 Å². The van der Waals surface area contributed by atoms with Crippen molar-refractivity contribution < 1.29 is 23.1 Å². The number of hydrogen-bond acceptors (Lipinski definition) is 4. The SMILES string of the molecule is CCNC(=O)C(C)S(=O)(=O)C(C)C(=O)O. The first-order valence-electron chi connectivity index (χ1n) is 4.48. The summed E-state index contributed by atoms with van der Waals surface area (Å²) in [6.07, 6.45) is 0. The molecule has 0 aliphatic heterocycles. The van der Waals surface area contributed by atoms with E-state index in [1.165, 1.54) is 6.92 Å². The van der Waals surface area contributed by atoms with Gasteiger partial charge in [-0.15, -0.1) is 0 Å². The van der Waals surface area contributed by atoms with Crippen LogP contribution in [0.15, 0.2) is 0 Å². The Morgan fingerprint density at radius 3 is 2.07 bits per heavy atom. The lowest BCUT2D eigenvalue weighted by Crippen LogP contribution is -2.43. The number of carbonyl (C=O) groups excluding carboxylic acids is 1. The van der Waals surface area contributed by atoms with Crippen molar-refractivity contribution in [2.24, 2.45) is 0 Å². The number of carbonyl (C=O) groups is 2. The second-order valence-electron chi connectivity index (χ2n) is 3.11. The smallest absolute Gasteiger partial charge is 0.321 e. The molecule has 0 fully saturated rings. The number of hydrogen-bond donors (Lipinski definition) is 2. The molecule has 2 unspecified atom stereocenters. The summed E-state index contributed by atoms with van der Waals surface area (Å²) in [4.78, 5) is 21.8. The number of carboxylic acids is 1. The molecule has 0 aliphatic carbocycles. The summed E-state index contributed by atoms with van der Waals surface area (Å²) in [6, 6.07) is 0. The molecule has 0 radical (unpaired) electrons. The van der Waals surface area contributed by atoms with Crippen LogP contribution >= 0.6 is 0 Å². The fourth-order valence-corrected chi connectivity index (χ4v) is 2.19. The molecule has 2 atom stereocenters. The summed E-state index contributed by atoms with van der Waals surface area (Å²) in [5, 5.41) is 7.98. The molecule has 0 bridgehead atoms. The van der Waals surface area contributed by atoms with Crippen molar-refractivity contribution in [1.29, 1.82) is 0 Å². The van der Waals surface area contributed by atoms with Crippen LogP contribution in [0.2, 0.25) is 0 Å². The Balaban J connectivity index is 4.89. The molecule has 1 amide bonds. The summed E-state index contributed by atoms with van der Waals surface area (Å²) < 4.78 is 23.1. The molecule has 7 heteroatoms. The van der Waals surface area contributed by atoms with Gasteiger partial charge in [-0.2, -0.15) is 0 Å². The number of nitrogens with one attached hydrogen (secondary N) is 1. The van der Waals surface area contributed by atoms with Gasteiger partial charge < -0.3 is 10.4 Å². The molecular weight excluding hydrogens is 222 g/mol. The molecular formula is C8H15NO5S. The molecule has 0 spiro atoms.